The summed E-state index contributed by atoms with van der Waals surface area (Å²) >= 11 is 0. The summed E-state index contributed by atoms with van der Waals surface area (Å²) in [6.45, 7) is 5.39. The number of halogens is 1. The summed E-state index contributed by atoms with van der Waals surface area (Å²) in [5, 5.41) is 9.48. The second-order valence-electron chi connectivity index (χ2n) is 6.74. The van der Waals surface area contributed by atoms with Gasteiger partial charge in [-0.05, 0) is 30.7 Å². The molecule has 2 heterocycles. The number of nitrogens with zero attached hydrogens (tertiary/aromatic N) is 2. The molecule has 2 fully saturated rings. The number of rotatable bonds is 5. The summed E-state index contributed by atoms with van der Waals surface area (Å²) in [6, 6.07) is 5.41. The van der Waals surface area contributed by atoms with Crippen LogP contribution in [0.5, 0.6) is 0 Å². The van der Waals surface area contributed by atoms with Gasteiger partial charge in [-0.15, -0.1) is 0 Å². The summed E-state index contributed by atoms with van der Waals surface area (Å²) in [5.74, 6) is 1.19. The van der Waals surface area contributed by atoms with E-state index in [9.17, 15) is 9.18 Å². The van der Waals surface area contributed by atoms with Crippen molar-refractivity contribution in [3.63, 3.8) is 0 Å². The van der Waals surface area contributed by atoms with E-state index in [4.69, 9.17) is 5.41 Å². The van der Waals surface area contributed by atoms with Gasteiger partial charge in [-0.1, -0.05) is 12.1 Å². The summed E-state index contributed by atoms with van der Waals surface area (Å²) in [7, 11) is 0. The lowest BCUT2D eigenvalue weighted by Gasteiger charge is -2.47. The molecule has 0 aliphatic carbocycles. The lowest BCUT2D eigenvalue weighted by Crippen LogP contribution is -2.52. The second-order valence-corrected chi connectivity index (χ2v) is 6.74. The van der Waals surface area contributed by atoms with Crippen molar-refractivity contribution < 1.29 is 9.18 Å². The van der Waals surface area contributed by atoms with Crippen molar-refractivity contribution in [2.24, 2.45) is 11.8 Å². The maximum Gasteiger partial charge on any atom is 0.219 e. The molecule has 6 heteroatoms. The van der Waals surface area contributed by atoms with Crippen LogP contribution >= 0.6 is 0 Å². The van der Waals surface area contributed by atoms with Gasteiger partial charge in [-0.25, -0.2) is 4.39 Å². The maximum atomic E-state index is 14.6. The molecule has 1 aromatic rings. The fourth-order valence-corrected chi connectivity index (χ4v) is 3.78. The topological polar surface area (TPSA) is 59.4 Å². The molecule has 0 bridgehead atoms. The first-order valence-corrected chi connectivity index (χ1v) is 8.52. The van der Waals surface area contributed by atoms with E-state index in [2.05, 4.69) is 16.6 Å². The van der Waals surface area contributed by atoms with Crippen molar-refractivity contribution in [2.75, 3.05) is 31.1 Å². The zero-order chi connectivity index (χ0) is 17.1. The minimum Gasteiger partial charge on any atom is -0.368 e. The molecule has 0 unspecified atom stereocenters. The molecule has 0 spiro atoms. The Kier molecular flexibility index (Phi) is 5.02. The zero-order valence-electron chi connectivity index (χ0n) is 14.0. The van der Waals surface area contributed by atoms with Crippen LogP contribution in [-0.2, 0) is 11.3 Å². The van der Waals surface area contributed by atoms with Crippen LogP contribution in [0.3, 0.4) is 0 Å². The Hall–Kier alpha value is -2.11. The van der Waals surface area contributed by atoms with Crippen LogP contribution in [0.4, 0.5) is 10.1 Å². The first-order valence-electron chi connectivity index (χ1n) is 8.52. The van der Waals surface area contributed by atoms with Crippen LogP contribution in [0.15, 0.2) is 18.2 Å². The Morgan fingerprint density at radius 2 is 2.04 bits per heavy atom. The first kappa shape index (κ1) is 16.7. The lowest BCUT2D eigenvalue weighted by molar-refractivity contribution is -0.130. The highest BCUT2D eigenvalue weighted by Crippen LogP contribution is 2.36. The number of benzene rings is 1. The number of amides is 1. The third-order valence-corrected chi connectivity index (χ3v) is 5.33. The van der Waals surface area contributed by atoms with E-state index < -0.39 is 0 Å². The molecule has 2 aliphatic heterocycles. The maximum absolute atomic E-state index is 14.6. The Bertz CT molecular complexity index is 607. The average Bonchev–Trinajstić information content (AvgIpc) is 2.54. The number of likely N-dealkylation sites (tertiary alicyclic amines) is 1. The van der Waals surface area contributed by atoms with E-state index in [-0.39, 0.29) is 18.3 Å². The predicted octanol–water partition coefficient (Wildman–Crippen LogP) is 2.09. The number of hydrogen-bond donors (Lipinski definition) is 2. The van der Waals surface area contributed by atoms with E-state index in [1.165, 1.54) is 0 Å². The van der Waals surface area contributed by atoms with E-state index >= 15 is 0 Å². The van der Waals surface area contributed by atoms with E-state index in [1.807, 2.05) is 17.0 Å². The Morgan fingerprint density at radius 3 is 2.67 bits per heavy atom. The molecule has 5 nitrogen and oxygen atoms in total. The third-order valence-electron chi connectivity index (χ3n) is 5.33. The van der Waals surface area contributed by atoms with Gasteiger partial charge in [0.1, 0.15) is 0 Å². The molecule has 2 N–H and O–H groups in total. The smallest absolute Gasteiger partial charge is 0.219 e. The van der Waals surface area contributed by atoms with Crippen molar-refractivity contribution >= 4 is 17.9 Å². The minimum absolute atomic E-state index is 0.165. The molecule has 3 rings (SSSR count). The molecule has 0 aromatic heterocycles. The van der Waals surface area contributed by atoms with Gasteiger partial charge in [0.05, 0.1) is 5.69 Å². The van der Waals surface area contributed by atoms with Gasteiger partial charge in [-0.2, -0.15) is 0 Å². The largest absolute Gasteiger partial charge is 0.368 e. The highest BCUT2D eigenvalue weighted by Gasteiger charge is 2.36. The Labute approximate surface area is 142 Å². The third kappa shape index (κ3) is 3.37. The quantitative estimate of drug-likeness (QED) is 0.493. The summed E-state index contributed by atoms with van der Waals surface area (Å²) in [4.78, 5) is 15.4. The molecule has 1 amide bonds. The number of anilines is 1. The lowest BCUT2D eigenvalue weighted by atomic mass is 9.79. The minimum atomic E-state index is -0.204. The molecule has 24 heavy (non-hydrogen) atoms. The van der Waals surface area contributed by atoms with Crippen LogP contribution in [-0.4, -0.2) is 43.3 Å². The number of piperidine rings is 1. The summed E-state index contributed by atoms with van der Waals surface area (Å²) in [6.07, 6.45) is 4.18. The summed E-state index contributed by atoms with van der Waals surface area (Å²) in [5.41, 5.74) is 1.21. The van der Waals surface area contributed by atoms with Gasteiger partial charge in [0.2, 0.25) is 5.91 Å². The fourth-order valence-electron chi connectivity index (χ4n) is 3.78. The van der Waals surface area contributed by atoms with Crippen molar-refractivity contribution in [1.82, 2.24) is 10.2 Å². The fraction of sp³-hybridized carbons (Fsp3) is 0.556. The molecule has 1 radical (unpaired) electrons. The molecule has 0 saturated carbocycles. The number of nitrogens with one attached hydrogen (secondary N) is 2. The number of carbonyl (C=O) groups is 1. The van der Waals surface area contributed by atoms with Crippen molar-refractivity contribution in [3.05, 3.63) is 29.6 Å². The number of hydrogen-bond acceptors (Lipinski definition) is 3. The van der Waals surface area contributed by atoms with Crippen LogP contribution in [0.2, 0.25) is 0 Å². The number of carbonyl (C=O) groups excluding carboxylic acids is 1. The van der Waals surface area contributed by atoms with E-state index in [1.54, 1.807) is 13.0 Å². The monoisotopic (exact) mass is 331 g/mol. The van der Waals surface area contributed by atoms with E-state index in [0.717, 1.165) is 39.0 Å². The van der Waals surface area contributed by atoms with Gasteiger partial charge in [0.15, 0.2) is 12.2 Å². The van der Waals surface area contributed by atoms with Crippen LogP contribution in [0.1, 0.15) is 25.3 Å². The molecular formula is C18H24FN4O. The van der Waals surface area contributed by atoms with Crippen LogP contribution in [0.25, 0.3) is 0 Å². The molecule has 129 valence electrons. The highest BCUT2D eigenvalue weighted by atomic mass is 19.1. The molecule has 2 saturated heterocycles. The second kappa shape index (κ2) is 7.20. The first-order chi connectivity index (χ1) is 11.6. The van der Waals surface area contributed by atoms with Crippen LogP contribution < -0.4 is 10.2 Å². The van der Waals surface area contributed by atoms with Crippen molar-refractivity contribution in [2.45, 2.75) is 26.3 Å². The Morgan fingerprint density at radius 1 is 1.33 bits per heavy atom. The van der Waals surface area contributed by atoms with Gasteiger partial charge in [0, 0.05) is 45.2 Å². The Balaban J connectivity index is 1.55. The normalized spacial score (nSPS) is 19.1. The molecule has 1 aromatic carbocycles. The van der Waals surface area contributed by atoms with Crippen LogP contribution in [0, 0.1) is 23.1 Å². The van der Waals surface area contributed by atoms with Gasteiger partial charge < -0.3 is 15.1 Å². The highest BCUT2D eigenvalue weighted by molar-refractivity contribution is 5.73. The average molecular weight is 331 g/mol. The molecular weight excluding hydrogens is 307 g/mol. The van der Waals surface area contributed by atoms with E-state index in [0.29, 0.717) is 23.1 Å². The van der Waals surface area contributed by atoms with Crippen molar-refractivity contribution in [1.29, 1.82) is 5.41 Å². The van der Waals surface area contributed by atoms with Gasteiger partial charge >= 0.3 is 0 Å². The van der Waals surface area contributed by atoms with Gasteiger partial charge in [0.25, 0.3) is 0 Å². The SMILES string of the molecule is CC(=O)N1CCC(C2CN(c3cccc(CN[C]=N)c3F)C2)CC1. The summed E-state index contributed by atoms with van der Waals surface area (Å²) < 4.78 is 14.6. The zero-order valence-corrected chi connectivity index (χ0v) is 14.0. The van der Waals surface area contributed by atoms with Crippen molar-refractivity contribution in [3.8, 4) is 0 Å². The molecule has 0 atom stereocenters. The van der Waals surface area contributed by atoms with Gasteiger partial charge in [-0.3, -0.25) is 10.2 Å². The standard InChI is InChI=1S/C18H24FN4O/c1-13(24)22-7-5-14(6-8-22)16-10-23(11-16)17-4-2-3-15(18(17)19)9-21-12-20/h2-4,14,16H,5-11H2,1H3,(H2,20,21). The molecule has 2 aliphatic rings. The predicted molar refractivity (Wildman–Crippen MR) is 91.6 cm³/mol.